The number of aromatic nitrogens is 1. The number of anilines is 1. The van der Waals surface area contributed by atoms with Gasteiger partial charge < -0.3 is 10.4 Å². The Bertz CT molecular complexity index is 1440. The smallest absolute Gasteiger partial charge is 0.327 e. The van der Waals surface area contributed by atoms with Crippen LogP contribution in [0.1, 0.15) is 48.9 Å². The van der Waals surface area contributed by atoms with E-state index in [1.165, 1.54) is 17.2 Å². The minimum atomic E-state index is -1.03. The van der Waals surface area contributed by atoms with E-state index in [0.29, 0.717) is 17.7 Å². The fourth-order valence-corrected chi connectivity index (χ4v) is 5.83. The Morgan fingerprint density at radius 1 is 1.17 bits per heavy atom. The number of carbonyl (C=O) groups is 2. The number of allylic oxidation sites excluding steroid dienone is 1. The fraction of sp³-hybridized carbons (Fsp3) is 0.267. The van der Waals surface area contributed by atoms with Gasteiger partial charge in [-0.2, -0.15) is 5.26 Å². The van der Waals surface area contributed by atoms with E-state index < -0.39 is 5.97 Å². The minimum absolute atomic E-state index is 0.0364. The first-order valence-electron chi connectivity index (χ1n) is 12.0. The first-order valence-corrected chi connectivity index (χ1v) is 12.0. The molecule has 0 saturated heterocycles. The van der Waals surface area contributed by atoms with Crippen LogP contribution < -0.4 is 5.32 Å². The van der Waals surface area contributed by atoms with Crippen LogP contribution in [0.15, 0.2) is 73.1 Å². The zero-order valence-electron chi connectivity index (χ0n) is 20.3. The third-order valence-corrected chi connectivity index (χ3v) is 7.52. The van der Waals surface area contributed by atoms with Crippen molar-refractivity contribution in [2.45, 2.75) is 43.9 Å². The molecule has 36 heavy (non-hydrogen) atoms. The van der Waals surface area contributed by atoms with Crippen LogP contribution in [0.3, 0.4) is 0 Å². The van der Waals surface area contributed by atoms with E-state index in [4.69, 9.17) is 5.11 Å². The maximum absolute atomic E-state index is 13.5. The van der Waals surface area contributed by atoms with Gasteiger partial charge in [0.15, 0.2) is 0 Å². The highest BCUT2D eigenvalue weighted by molar-refractivity contribution is 5.97. The normalized spacial score (nSPS) is 21.2. The Balaban J connectivity index is 1.43. The summed E-state index contributed by atoms with van der Waals surface area (Å²) in [6.07, 6.45) is 8.25. The Kier molecular flexibility index (Phi) is 5.72. The van der Waals surface area contributed by atoms with Gasteiger partial charge in [0.1, 0.15) is 0 Å². The summed E-state index contributed by atoms with van der Waals surface area (Å²) >= 11 is 0. The first kappa shape index (κ1) is 23.5. The Morgan fingerprint density at radius 2 is 2.00 bits per heavy atom. The number of hydrogen-bond donors (Lipinski definition) is 2. The second-order valence-corrected chi connectivity index (χ2v) is 10.4. The number of aliphatic carboxylic acids is 1. The lowest BCUT2D eigenvalue weighted by Gasteiger charge is -2.19. The number of nitrogens with zero attached hydrogens (tertiary/aromatic N) is 2. The molecule has 2 aliphatic carbocycles. The lowest BCUT2D eigenvalue weighted by atomic mass is 9.85. The average molecular weight is 478 g/mol. The van der Waals surface area contributed by atoms with Gasteiger partial charge in [-0.25, -0.2) is 4.79 Å². The summed E-state index contributed by atoms with van der Waals surface area (Å²) in [4.78, 5) is 28.6. The van der Waals surface area contributed by atoms with Gasteiger partial charge in [0, 0.05) is 35.5 Å². The van der Waals surface area contributed by atoms with Crippen LogP contribution in [0, 0.1) is 17.2 Å². The second-order valence-electron chi connectivity index (χ2n) is 10.4. The van der Waals surface area contributed by atoms with Crippen LogP contribution in [0.2, 0.25) is 0 Å². The molecule has 2 N–H and O–H groups in total. The molecule has 0 unspecified atom stereocenters. The van der Waals surface area contributed by atoms with Crippen molar-refractivity contribution in [2.24, 2.45) is 5.92 Å². The number of pyridine rings is 1. The quantitative estimate of drug-likeness (QED) is 0.464. The van der Waals surface area contributed by atoms with Gasteiger partial charge in [-0.05, 0) is 70.7 Å². The number of fused-ring (bicyclic) bond motifs is 2. The fourth-order valence-electron chi connectivity index (χ4n) is 5.83. The summed E-state index contributed by atoms with van der Waals surface area (Å²) < 4.78 is 0. The summed E-state index contributed by atoms with van der Waals surface area (Å²) in [5.41, 5.74) is 6.19. The van der Waals surface area contributed by atoms with Gasteiger partial charge in [-0.15, -0.1) is 0 Å². The predicted molar refractivity (Wildman–Crippen MR) is 137 cm³/mol. The molecule has 6 nitrogen and oxygen atoms in total. The van der Waals surface area contributed by atoms with E-state index in [1.807, 2.05) is 18.3 Å². The van der Waals surface area contributed by atoms with Crippen molar-refractivity contribution in [1.29, 1.82) is 5.26 Å². The van der Waals surface area contributed by atoms with Crippen LogP contribution in [-0.4, -0.2) is 22.0 Å². The number of carboxylic acids is 1. The van der Waals surface area contributed by atoms with E-state index in [9.17, 15) is 14.9 Å². The molecule has 1 heterocycles. The van der Waals surface area contributed by atoms with E-state index in [-0.39, 0.29) is 22.7 Å². The van der Waals surface area contributed by atoms with Crippen molar-refractivity contribution in [3.63, 3.8) is 0 Å². The Morgan fingerprint density at radius 3 is 2.72 bits per heavy atom. The molecule has 3 aromatic rings. The van der Waals surface area contributed by atoms with Crippen molar-refractivity contribution in [1.82, 2.24) is 4.98 Å². The van der Waals surface area contributed by atoms with Gasteiger partial charge in [0.25, 0.3) is 0 Å². The SMILES string of the molecule is CC1(C)C[C@]2(C[C@H]2C(=O)Nc2cc(C#N)ccc2CC=CC(=O)O)c2cc(-c3cccnc3)ccc21. The Labute approximate surface area is 210 Å². The first-order chi connectivity index (χ1) is 17.2. The third kappa shape index (κ3) is 4.18. The monoisotopic (exact) mass is 477 g/mol. The zero-order chi connectivity index (χ0) is 25.5. The van der Waals surface area contributed by atoms with Gasteiger partial charge in [-0.3, -0.25) is 9.78 Å². The molecule has 1 aromatic heterocycles. The average Bonchev–Trinajstić information content (AvgIpc) is 3.53. The van der Waals surface area contributed by atoms with Crippen molar-refractivity contribution in [3.8, 4) is 17.2 Å². The van der Waals surface area contributed by atoms with Crippen LogP contribution in [0.5, 0.6) is 0 Å². The van der Waals surface area contributed by atoms with E-state index in [0.717, 1.165) is 35.6 Å². The number of benzene rings is 2. The van der Waals surface area contributed by atoms with Crippen molar-refractivity contribution >= 4 is 17.6 Å². The summed E-state index contributed by atoms with van der Waals surface area (Å²) in [6.45, 7) is 4.47. The van der Waals surface area contributed by atoms with Gasteiger partial charge in [0.2, 0.25) is 5.91 Å². The molecule has 2 atom stereocenters. The van der Waals surface area contributed by atoms with Crippen LogP contribution in [-0.2, 0) is 26.8 Å². The molecular formula is C30H27N3O3. The van der Waals surface area contributed by atoms with Gasteiger partial charge in [0.05, 0.1) is 11.6 Å². The van der Waals surface area contributed by atoms with Crippen LogP contribution in [0.25, 0.3) is 11.1 Å². The van der Waals surface area contributed by atoms with E-state index in [2.05, 4.69) is 48.4 Å². The predicted octanol–water partition coefficient (Wildman–Crippen LogP) is 5.38. The summed E-state index contributed by atoms with van der Waals surface area (Å²) in [5, 5.41) is 21.3. The molecule has 180 valence electrons. The zero-order valence-corrected chi connectivity index (χ0v) is 20.3. The van der Waals surface area contributed by atoms with E-state index in [1.54, 1.807) is 24.4 Å². The number of carboxylic acid groups (broad SMARTS) is 1. The van der Waals surface area contributed by atoms with Gasteiger partial charge in [-0.1, -0.05) is 50.3 Å². The standard InChI is InChI=1S/C30H27N3O3/c1-29(2)18-30(24-14-21(10-11-23(24)29)22-6-4-12-32-17-22)15-25(30)28(36)33-26-13-19(16-31)8-9-20(26)5-3-7-27(34)35/h3-4,6-14,17,25H,5,15,18H2,1-2H3,(H,33,36)(H,34,35)/t25-,30+/m0/s1. The van der Waals surface area contributed by atoms with Crippen LogP contribution >= 0.6 is 0 Å². The third-order valence-electron chi connectivity index (χ3n) is 7.52. The number of nitrogens with one attached hydrogen (secondary N) is 1. The molecule has 6 heteroatoms. The molecule has 2 aromatic carbocycles. The van der Waals surface area contributed by atoms with Crippen LogP contribution in [0.4, 0.5) is 5.69 Å². The number of rotatable bonds is 6. The lowest BCUT2D eigenvalue weighted by molar-refractivity contribution is -0.131. The topological polar surface area (TPSA) is 103 Å². The van der Waals surface area contributed by atoms with E-state index >= 15 is 0 Å². The van der Waals surface area contributed by atoms with Crippen molar-refractivity contribution < 1.29 is 14.7 Å². The second kappa shape index (κ2) is 8.76. The van der Waals surface area contributed by atoms with Gasteiger partial charge >= 0.3 is 5.97 Å². The largest absolute Gasteiger partial charge is 0.478 e. The minimum Gasteiger partial charge on any atom is -0.478 e. The molecule has 1 fully saturated rings. The highest BCUT2D eigenvalue weighted by atomic mass is 16.4. The van der Waals surface area contributed by atoms with Crippen molar-refractivity contribution in [2.75, 3.05) is 5.32 Å². The lowest BCUT2D eigenvalue weighted by Crippen LogP contribution is -2.22. The van der Waals surface area contributed by atoms with Crippen molar-refractivity contribution in [3.05, 3.63) is 95.3 Å². The molecule has 1 saturated carbocycles. The molecular weight excluding hydrogens is 450 g/mol. The maximum atomic E-state index is 13.5. The number of nitriles is 1. The number of carbonyl (C=O) groups excluding carboxylic acids is 1. The molecule has 0 aliphatic heterocycles. The molecule has 0 radical (unpaired) electrons. The highest BCUT2D eigenvalue weighted by Gasteiger charge is 2.65. The summed E-state index contributed by atoms with van der Waals surface area (Å²) in [5.74, 6) is -1.26. The highest BCUT2D eigenvalue weighted by Crippen LogP contribution is 2.66. The Hall–Kier alpha value is -4.24. The number of amides is 1. The molecule has 1 spiro atoms. The molecule has 1 amide bonds. The molecule has 2 aliphatic rings. The molecule has 5 rings (SSSR count). The molecule has 0 bridgehead atoms. The maximum Gasteiger partial charge on any atom is 0.327 e. The summed E-state index contributed by atoms with van der Waals surface area (Å²) in [6, 6.07) is 17.7. The number of hydrogen-bond acceptors (Lipinski definition) is 4. The summed E-state index contributed by atoms with van der Waals surface area (Å²) in [7, 11) is 0.